The Morgan fingerprint density at radius 1 is 1.26 bits per heavy atom. The lowest BCUT2D eigenvalue weighted by molar-refractivity contribution is 0.172. The van der Waals surface area contributed by atoms with E-state index in [0.29, 0.717) is 35.6 Å². The van der Waals surface area contributed by atoms with E-state index in [4.69, 9.17) is 32.7 Å². The monoisotopic (exact) mass is 372 g/mol. The first-order valence-electron chi connectivity index (χ1n) is 6.75. The highest BCUT2D eigenvalue weighted by Crippen LogP contribution is 2.46. The average molecular weight is 373 g/mol. The van der Waals surface area contributed by atoms with E-state index in [9.17, 15) is 0 Å². The Kier molecular flexibility index (Phi) is 4.89. The van der Waals surface area contributed by atoms with E-state index in [-0.39, 0.29) is 5.28 Å². The van der Waals surface area contributed by atoms with Gasteiger partial charge in [0.25, 0.3) is 0 Å². The largest absolute Gasteiger partial charge is 0.486 e. The number of aromatic nitrogens is 2. The smallest absolute Gasteiger partial charge is 0.224 e. The summed E-state index contributed by atoms with van der Waals surface area (Å²) in [6.07, 6.45) is 3.43. The van der Waals surface area contributed by atoms with Gasteiger partial charge in [-0.05, 0) is 23.7 Å². The topological polar surface area (TPSA) is 59.5 Å². The first kappa shape index (κ1) is 16.3. The van der Waals surface area contributed by atoms with Gasteiger partial charge in [-0.15, -0.1) is 0 Å². The van der Waals surface area contributed by atoms with E-state index in [1.54, 1.807) is 11.9 Å². The fraction of sp³-hybridized carbons (Fsp3) is 0.286. The van der Waals surface area contributed by atoms with Crippen molar-refractivity contribution in [3.05, 3.63) is 28.6 Å². The zero-order chi connectivity index (χ0) is 16.4. The van der Waals surface area contributed by atoms with Gasteiger partial charge in [0, 0.05) is 13.3 Å². The molecule has 3 rings (SSSR count). The molecular weight excluding hydrogens is 359 g/mol. The SMILES string of the molecule is CSN(C)c1c(Nc2nc(Cl)ncc2Cl)ccc2c1OCCO2. The van der Waals surface area contributed by atoms with E-state index in [2.05, 4.69) is 15.3 Å². The van der Waals surface area contributed by atoms with Crippen LogP contribution in [0.5, 0.6) is 11.5 Å². The number of nitrogens with zero attached hydrogens (tertiary/aromatic N) is 3. The number of halogens is 2. The van der Waals surface area contributed by atoms with Gasteiger partial charge in [0.05, 0.1) is 11.9 Å². The number of ether oxygens (including phenoxy) is 2. The summed E-state index contributed by atoms with van der Waals surface area (Å²) in [6, 6.07) is 3.74. The quantitative estimate of drug-likeness (QED) is 0.642. The molecule has 0 radical (unpaired) electrons. The molecule has 0 bridgehead atoms. The molecule has 0 unspecified atom stereocenters. The highest BCUT2D eigenvalue weighted by atomic mass is 35.5. The van der Waals surface area contributed by atoms with Crippen LogP contribution in [0.25, 0.3) is 0 Å². The van der Waals surface area contributed by atoms with Crippen molar-refractivity contribution in [3.8, 4) is 11.5 Å². The fourth-order valence-electron chi connectivity index (χ4n) is 2.17. The second-order valence-corrected chi connectivity index (χ2v) is 6.28. The maximum Gasteiger partial charge on any atom is 0.224 e. The summed E-state index contributed by atoms with van der Waals surface area (Å²) < 4.78 is 13.4. The molecule has 0 fully saturated rings. The van der Waals surface area contributed by atoms with Crippen LogP contribution in [-0.4, -0.2) is 36.5 Å². The Morgan fingerprint density at radius 3 is 2.83 bits per heavy atom. The van der Waals surface area contributed by atoms with Crippen molar-refractivity contribution in [2.75, 3.05) is 36.1 Å². The Bertz CT molecular complexity index is 732. The average Bonchev–Trinajstić information content (AvgIpc) is 2.57. The number of hydrogen-bond acceptors (Lipinski definition) is 7. The zero-order valence-electron chi connectivity index (χ0n) is 12.5. The van der Waals surface area contributed by atoms with Gasteiger partial charge >= 0.3 is 0 Å². The standard InChI is InChI=1S/C14H14Cl2N4O2S/c1-20(23-2)11-9(3-4-10-12(11)22-6-5-21-10)18-13-8(15)7-17-14(16)19-13/h3-4,7H,5-6H2,1-2H3,(H,17,18,19). The minimum Gasteiger partial charge on any atom is -0.486 e. The summed E-state index contributed by atoms with van der Waals surface area (Å²) >= 11 is 13.5. The van der Waals surface area contributed by atoms with Crippen molar-refractivity contribution in [2.24, 2.45) is 0 Å². The third-order valence-corrected chi connectivity index (χ3v) is 4.43. The van der Waals surface area contributed by atoms with Crippen LogP contribution in [0.2, 0.25) is 10.3 Å². The van der Waals surface area contributed by atoms with Crippen molar-refractivity contribution < 1.29 is 9.47 Å². The molecule has 23 heavy (non-hydrogen) atoms. The van der Waals surface area contributed by atoms with Crippen molar-refractivity contribution in [1.29, 1.82) is 0 Å². The minimum atomic E-state index is 0.120. The molecule has 2 heterocycles. The molecule has 0 aliphatic carbocycles. The Hall–Kier alpha value is -1.57. The molecule has 0 amide bonds. The summed E-state index contributed by atoms with van der Waals surface area (Å²) in [4.78, 5) is 7.97. The predicted octanol–water partition coefficient (Wildman–Crippen LogP) is 4.01. The van der Waals surface area contributed by atoms with Gasteiger partial charge in [0.15, 0.2) is 17.3 Å². The Morgan fingerprint density at radius 2 is 2.04 bits per heavy atom. The number of hydrogen-bond donors (Lipinski definition) is 1. The number of rotatable bonds is 4. The second-order valence-electron chi connectivity index (χ2n) is 4.63. The van der Waals surface area contributed by atoms with E-state index in [1.807, 2.05) is 29.7 Å². The molecule has 0 atom stereocenters. The van der Waals surface area contributed by atoms with Crippen LogP contribution in [0, 0.1) is 0 Å². The van der Waals surface area contributed by atoms with Crippen molar-refractivity contribution in [1.82, 2.24) is 9.97 Å². The normalized spacial score (nSPS) is 12.9. The van der Waals surface area contributed by atoms with E-state index >= 15 is 0 Å². The molecule has 0 saturated carbocycles. The second kappa shape index (κ2) is 6.90. The van der Waals surface area contributed by atoms with Gasteiger partial charge in [-0.1, -0.05) is 23.5 Å². The number of nitrogens with one attached hydrogen (secondary N) is 1. The Balaban J connectivity index is 2.06. The summed E-state index contributed by atoms with van der Waals surface area (Å²) in [5, 5.41) is 3.69. The molecule has 9 heteroatoms. The molecular formula is C14H14Cl2N4O2S. The molecule has 1 aliphatic heterocycles. The minimum absolute atomic E-state index is 0.120. The molecule has 1 aliphatic rings. The maximum atomic E-state index is 6.13. The summed E-state index contributed by atoms with van der Waals surface area (Å²) in [5.74, 6) is 1.83. The number of benzene rings is 1. The molecule has 2 aromatic rings. The molecule has 0 saturated heterocycles. The summed E-state index contributed by atoms with van der Waals surface area (Å²) in [6.45, 7) is 1.04. The van der Waals surface area contributed by atoms with Gasteiger partial charge in [-0.3, -0.25) is 0 Å². The highest BCUT2D eigenvalue weighted by Gasteiger charge is 2.23. The van der Waals surface area contributed by atoms with Crippen molar-refractivity contribution in [2.45, 2.75) is 0 Å². The van der Waals surface area contributed by atoms with E-state index < -0.39 is 0 Å². The van der Waals surface area contributed by atoms with Crippen molar-refractivity contribution >= 4 is 52.3 Å². The van der Waals surface area contributed by atoms with Crippen LogP contribution in [0.3, 0.4) is 0 Å². The number of fused-ring (bicyclic) bond motifs is 1. The van der Waals surface area contributed by atoms with Gasteiger partial charge in [-0.2, -0.15) is 4.98 Å². The lowest BCUT2D eigenvalue weighted by atomic mass is 10.2. The van der Waals surface area contributed by atoms with Crippen molar-refractivity contribution in [3.63, 3.8) is 0 Å². The van der Waals surface area contributed by atoms with Gasteiger partial charge in [-0.25, -0.2) is 4.98 Å². The molecule has 1 aromatic carbocycles. The first-order valence-corrected chi connectivity index (χ1v) is 8.69. The summed E-state index contributed by atoms with van der Waals surface area (Å²) in [5.41, 5.74) is 1.63. The molecule has 0 spiro atoms. The Labute approximate surface area is 148 Å². The van der Waals surface area contributed by atoms with Gasteiger partial charge in [0.1, 0.15) is 23.9 Å². The molecule has 122 valence electrons. The fourth-order valence-corrected chi connectivity index (χ4v) is 2.80. The molecule has 6 nitrogen and oxygen atoms in total. The maximum absolute atomic E-state index is 6.13. The summed E-state index contributed by atoms with van der Waals surface area (Å²) in [7, 11) is 1.94. The first-order chi connectivity index (χ1) is 11.1. The zero-order valence-corrected chi connectivity index (χ0v) is 14.8. The predicted molar refractivity (Wildman–Crippen MR) is 94.7 cm³/mol. The van der Waals surface area contributed by atoms with Crippen LogP contribution in [0.4, 0.5) is 17.2 Å². The lowest BCUT2D eigenvalue weighted by Crippen LogP contribution is -2.19. The third kappa shape index (κ3) is 3.36. The van der Waals surface area contributed by atoms with Gasteiger partial charge < -0.3 is 19.1 Å². The van der Waals surface area contributed by atoms with Crippen LogP contribution in [0.15, 0.2) is 18.3 Å². The van der Waals surface area contributed by atoms with Crippen LogP contribution < -0.4 is 19.1 Å². The third-order valence-electron chi connectivity index (χ3n) is 3.24. The van der Waals surface area contributed by atoms with Crippen LogP contribution in [0.1, 0.15) is 0 Å². The van der Waals surface area contributed by atoms with Gasteiger partial charge in [0.2, 0.25) is 5.28 Å². The van der Waals surface area contributed by atoms with Crippen LogP contribution >= 0.6 is 35.1 Å². The van der Waals surface area contributed by atoms with Crippen LogP contribution in [-0.2, 0) is 0 Å². The van der Waals surface area contributed by atoms with E-state index in [0.717, 1.165) is 11.4 Å². The highest BCUT2D eigenvalue weighted by molar-refractivity contribution is 7.99. The molecule has 1 aromatic heterocycles. The molecule has 1 N–H and O–H groups in total. The number of anilines is 3. The lowest BCUT2D eigenvalue weighted by Gasteiger charge is -2.27. The van der Waals surface area contributed by atoms with E-state index in [1.165, 1.54) is 6.20 Å².